The van der Waals surface area contributed by atoms with Gasteiger partial charge in [0.25, 0.3) is 5.56 Å². The first-order valence-electron chi connectivity index (χ1n) is 5.60. The minimum Gasteiger partial charge on any atom is -0.370 e. The fourth-order valence-electron chi connectivity index (χ4n) is 2.00. The number of anilines is 1. The lowest BCUT2D eigenvalue weighted by molar-refractivity contribution is -0.00367. The van der Waals surface area contributed by atoms with E-state index < -0.39 is 0 Å². The third-order valence-electron chi connectivity index (χ3n) is 2.80. The van der Waals surface area contributed by atoms with Crippen LogP contribution < -0.4 is 10.5 Å². The topological polar surface area (TPSA) is 47.4 Å². The summed E-state index contributed by atoms with van der Waals surface area (Å²) in [5.41, 5.74) is -0.0880. The summed E-state index contributed by atoms with van der Waals surface area (Å²) in [7, 11) is 1.72. The highest BCUT2D eigenvalue weighted by atomic mass is 35.5. The van der Waals surface area contributed by atoms with E-state index in [-0.39, 0.29) is 17.8 Å². The van der Waals surface area contributed by atoms with Gasteiger partial charge in [-0.15, -0.1) is 11.6 Å². The molecule has 17 heavy (non-hydrogen) atoms. The smallest absolute Gasteiger partial charge is 0.293 e. The number of alkyl halides is 1. The Balaban J connectivity index is 2.27. The van der Waals surface area contributed by atoms with Gasteiger partial charge in [-0.3, -0.25) is 4.79 Å². The Kier molecular flexibility index (Phi) is 3.69. The minimum atomic E-state index is -0.0880. The van der Waals surface area contributed by atoms with Crippen molar-refractivity contribution in [1.29, 1.82) is 0 Å². The molecule has 0 N–H and O–H groups in total. The molecule has 0 aromatic carbocycles. The SMILES string of the molecule is CC1CN(c2nccn(C)c2=O)CC(CCl)O1. The first-order valence-corrected chi connectivity index (χ1v) is 6.13. The van der Waals surface area contributed by atoms with Crippen LogP contribution >= 0.6 is 11.6 Å². The Morgan fingerprint density at radius 1 is 1.59 bits per heavy atom. The number of rotatable bonds is 2. The monoisotopic (exact) mass is 257 g/mol. The van der Waals surface area contributed by atoms with Crippen molar-refractivity contribution in [2.75, 3.05) is 23.9 Å². The van der Waals surface area contributed by atoms with E-state index in [9.17, 15) is 4.79 Å². The van der Waals surface area contributed by atoms with Gasteiger partial charge in [0.1, 0.15) is 0 Å². The standard InChI is InChI=1S/C11H16ClN3O2/c1-8-6-15(7-9(5-12)17-8)10-11(16)14(2)4-3-13-10/h3-4,8-9H,5-7H2,1-2H3. The third-order valence-corrected chi connectivity index (χ3v) is 3.14. The van der Waals surface area contributed by atoms with Gasteiger partial charge in [-0.05, 0) is 6.92 Å². The van der Waals surface area contributed by atoms with Crippen LogP contribution in [0.1, 0.15) is 6.92 Å². The highest BCUT2D eigenvalue weighted by Gasteiger charge is 2.27. The van der Waals surface area contributed by atoms with Crippen molar-refractivity contribution in [3.8, 4) is 0 Å². The molecule has 1 fully saturated rings. The van der Waals surface area contributed by atoms with Crippen LogP contribution in [0.15, 0.2) is 17.2 Å². The molecule has 2 rings (SSSR count). The fraction of sp³-hybridized carbons (Fsp3) is 0.636. The molecule has 0 bridgehead atoms. The van der Waals surface area contributed by atoms with Crippen molar-refractivity contribution in [3.05, 3.63) is 22.7 Å². The molecule has 6 heteroatoms. The van der Waals surface area contributed by atoms with Crippen LogP contribution in [-0.4, -0.2) is 40.7 Å². The molecule has 0 saturated carbocycles. The number of morpholine rings is 1. The van der Waals surface area contributed by atoms with Crippen LogP contribution in [0.3, 0.4) is 0 Å². The van der Waals surface area contributed by atoms with Crippen LogP contribution in [0.4, 0.5) is 5.82 Å². The van der Waals surface area contributed by atoms with Gasteiger partial charge in [-0.1, -0.05) is 0 Å². The third kappa shape index (κ3) is 2.61. The predicted octanol–water partition coefficient (Wildman–Crippen LogP) is 0.613. The highest BCUT2D eigenvalue weighted by molar-refractivity contribution is 6.18. The maximum absolute atomic E-state index is 12.0. The fourth-order valence-corrected chi connectivity index (χ4v) is 2.18. The van der Waals surface area contributed by atoms with Crippen molar-refractivity contribution in [2.45, 2.75) is 19.1 Å². The number of halogens is 1. The largest absolute Gasteiger partial charge is 0.370 e. The van der Waals surface area contributed by atoms with Gasteiger partial charge < -0.3 is 14.2 Å². The summed E-state index contributed by atoms with van der Waals surface area (Å²) < 4.78 is 7.17. The Bertz CT molecular complexity index is 449. The summed E-state index contributed by atoms with van der Waals surface area (Å²) in [6, 6.07) is 0. The molecule has 94 valence electrons. The van der Waals surface area contributed by atoms with Crippen molar-refractivity contribution in [3.63, 3.8) is 0 Å². The number of nitrogens with zero attached hydrogens (tertiary/aromatic N) is 3. The van der Waals surface area contributed by atoms with Gasteiger partial charge in [0.2, 0.25) is 0 Å². The zero-order valence-corrected chi connectivity index (χ0v) is 10.7. The number of aromatic nitrogens is 2. The first-order chi connectivity index (χ1) is 8.11. The van der Waals surface area contributed by atoms with Crippen molar-refractivity contribution < 1.29 is 4.74 Å². The summed E-state index contributed by atoms with van der Waals surface area (Å²) in [5.74, 6) is 0.897. The summed E-state index contributed by atoms with van der Waals surface area (Å²) in [4.78, 5) is 18.1. The van der Waals surface area contributed by atoms with E-state index in [1.807, 2.05) is 11.8 Å². The molecule has 0 radical (unpaired) electrons. The summed E-state index contributed by atoms with van der Waals surface area (Å²) in [6.45, 7) is 3.25. The zero-order valence-electron chi connectivity index (χ0n) is 9.97. The van der Waals surface area contributed by atoms with Crippen molar-refractivity contribution in [2.24, 2.45) is 7.05 Å². The van der Waals surface area contributed by atoms with Gasteiger partial charge >= 0.3 is 0 Å². The Morgan fingerprint density at radius 2 is 2.35 bits per heavy atom. The lowest BCUT2D eigenvalue weighted by Crippen LogP contribution is -2.49. The molecule has 0 spiro atoms. The number of hydrogen-bond donors (Lipinski definition) is 0. The molecule has 1 aromatic heterocycles. The molecule has 5 nitrogen and oxygen atoms in total. The second-order valence-corrected chi connectivity index (χ2v) is 4.60. The molecule has 0 aliphatic carbocycles. The van der Waals surface area contributed by atoms with E-state index in [2.05, 4.69) is 4.98 Å². The van der Waals surface area contributed by atoms with Crippen LogP contribution in [0.2, 0.25) is 0 Å². The number of ether oxygens (including phenoxy) is 1. The van der Waals surface area contributed by atoms with E-state index in [0.717, 1.165) is 0 Å². The predicted molar refractivity (Wildman–Crippen MR) is 66.7 cm³/mol. The minimum absolute atomic E-state index is 0.0490. The number of hydrogen-bond acceptors (Lipinski definition) is 4. The highest BCUT2D eigenvalue weighted by Crippen LogP contribution is 2.15. The molecule has 1 saturated heterocycles. The molecule has 1 aliphatic heterocycles. The van der Waals surface area contributed by atoms with E-state index >= 15 is 0 Å². The number of aryl methyl sites for hydroxylation is 1. The Morgan fingerprint density at radius 3 is 3.06 bits per heavy atom. The van der Waals surface area contributed by atoms with E-state index in [1.54, 1.807) is 19.4 Å². The molecular formula is C11H16ClN3O2. The molecule has 1 aromatic rings. The lowest BCUT2D eigenvalue weighted by atomic mass is 10.2. The Hall–Kier alpha value is -1.07. The normalized spacial score (nSPS) is 25.0. The average Bonchev–Trinajstić information content (AvgIpc) is 2.31. The van der Waals surface area contributed by atoms with Crippen LogP contribution in [0.25, 0.3) is 0 Å². The van der Waals surface area contributed by atoms with Gasteiger partial charge in [-0.2, -0.15) is 0 Å². The second kappa shape index (κ2) is 5.06. The van der Waals surface area contributed by atoms with Gasteiger partial charge in [0, 0.05) is 32.5 Å². The first kappa shape index (κ1) is 12.4. The lowest BCUT2D eigenvalue weighted by Gasteiger charge is -2.36. The molecule has 2 unspecified atom stereocenters. The van der Waals surface area contributed by atoms with Gasteiger partial charge in [0.05, 0.1) is 18.1 Å². The molecule has 0 amide bonds. The molecule has 1 aliphatic rings. The molecular weight excluding hydrogens is 242 g/mol. The van der Waals surface area contributed by atoms with Gasteiger partial charge in [-0.25, -0.2) is 4.98 Å². The van der Waals surface area contributed by atoms with Crippen molar-refractivity contribution in [1.82, 2.24) is 9.55 Å². The van der Waals surface area contributed by atoms with E-state index in [0.29, 0.717) is 24.8 Å². The van der Waals surface area contributed by atoms with Crippen LogP contribution in [0, 0.1) is 0 Å². The zero-order chi connectivity index (χ0) is 12.4. The van der Waals surface area contributed by atoms with Crippen LogP contribution in [0.5, 0.6) is 0 Å². The maximum atomic E-state index is 12.0. The van der Waals surface area contributed by atoms with Crippen molar-refractivity contribution >= 4 is 17.4 Å². The summed E-state index contributed by atoms with van der Waals surface area (Å²) >= 11 is 5.81. The summed E-state index contributed by atoms with van der Waals surface area (Å²) in [6.07, 6.45) is 3.28. The van der Waals surface area contributed by atoms with Crippen LogP contribution in [-0.2, 0) is 11.8 Å². The second-order valence-electron chi connectivity index (χ2n) is 4.29. The average molecular weight is 258 g/mol. The van der Waals surface area contributed by atoms with Gasteiger partial charge in [0.15, 0.2) is 5.82 Å². The molecule has 2 atom stereocenters. The quantitative estimate of drug-likeness (QED) is 0.729. The Labute approximate surface area is 105 Å². The van der Waals surface area contributed by atoms with E-state index in [4.69, 9.17) is 16.3 Å². The summed E-state index contributed by atoms with van der Waals surface area (Å²) in [5, 5.41) is 0. The molecule has 2 heterocycles. The maximum Gasteiger partial charge on any atom is 0.293 e. The van der Waals surface area contributed by atoms with E-state index in [1.165, 1.54) is 4.57 Å².